The van der Waals surface area contributed by atoms with Crippen LogP contribution in [0.5, 0.6) is 5.75 Å². The number of carbonyl (C=O) groups excluding carboxylic acids is 2. The first-order chi connectivity index (χ1) is 18.2. The van der Waals surface area contributed by atoms with E-state index < -0.39 is 5.60 Å². The fourth-order valence-corrected chi connectivity index (χ4v) is 5.79. The summed E-state index contributed by atoms with van der Waals surface area (Å²) in [6.07, 6.45) is 9.39. The largest absolute Gasteiger partial charge is 0.493 e. The molecule has 1 aromatic carbocycles. The second-order valence-corrected chi connectivity index (χ2v) is 12.2. The zero-order valence-electron chi connectivity index (χ0n) is 23.5. The zero-order chi connectivity index (χ0) is 27.1. The number of nitrogens with zero attached hydrogens (tertiary/aromatic N) is 2. The van der Waals surface area contributed by atoms with E-state index in [1.54, 1.807) is 4.90 Å². The highest BCUT2D eigenvalue weighted by atomic mass is 16.6. The first-order valence-corrected chi connectivity index (χ1v) is 14.5. The minimum absolute atomic E-state index is 0.0949. The number of carbonyl (C=O) groups is 2. The number of benzene rings is 1. The maximum absolute atomic E-state index is 13.0. The van der Waals surface area contributed by atoms with Crippen molar-refractivity contribution in [2.24, 2.45) is 17.8 Å². The van der Waals surface area contributed by atoms with Gasteiger partial charge in [-0.05, 0) is 107 Å². The van der Waals surface area contributed by atoms with Gasteiger partial charge in [0.1, 0.15) is 11.4 Å². The summed E-state index contributed by atoms with van der Waals surface area (Å²) in [5, 5.41) is 9.15. The molecule has 210 valence electrons. The number of aliphatic hydroxyl groups excluding tert-OH is 1. The fraction of sp³-hybridized carbons (Fsp3) is 0.677. The van der Waals surface area contributed by atoms with Gasteiger partial charge in [0.05, 0.1) is 6.61 Å². The zero-order valence-corrected chi connectivity index (χ0v) is 23.5. The van der Waals surface area contributed by atoms with Crippen molar-refractivity contribution < 1.29 is 24.2 Å². The molecule has 0 aromatic heterocycles. The van der Waals surface area contributed by atoms with Crippen LogP contribution in [-0.4, -0.2) is 71.9 Å². The van der Waals surface area contributed by atoms with Crippen molar-refractivity contribution in [2.75, 3.05) is 39.4 Å². The molecule has 38 heavy (non-hydrogen) atoms. The lowest BCUT2D eigenvalue weighted by Crippen LogP contribution is -2.42. The summed E-state index contributed by atoms with van der Waals surface area (Å²) >= 11 is 0. The Morgan fingerprint density at radius 1 is 0.921 bits per heavy atom. The highest BCUT2D eigenvalue weighted by molar-refractivity contribution is 5.81. The minimum Gasteiger partial charge on any atom is -0.493 e. The van der Waals surface area contributed by atoms with Gasteiger partial charge in [0, 0.05) is 38.7 Å². The van der Waals surface area contributed by atoms with Crippen molar-refractivity contribution >= 4 is 17.6 Å². The number of amides is 2. The van der Waals surface area contributed by atoms with Gasteiger partial charge in [-0.15, -0.1) is 0 Å². The van der Waals surface area contributed by atoms with Crippen molar-refractivity contribution in [1.29, 1.82) is 0 Å². The van der Waals surface area contributed by atoms with Gasteiger partial charge in [0.25, 0.3) is 0 Å². The predicted octanol–water partition coefficient (Wildman–Crippen LogP) is 5.52. The molecule has 1 atom stereocenters. The maximum Gasteiger partial charge on any atom is 0.410 e. The Hall–Kier alpha value is -2.54. The molecule has 0 bridgehead atoms. The third-order valence-corrected chi connectivity index (χ3v) is 8.20. The van der Waals surface area contributed by atoms with Gasteiger partial charge >= 0.3 is 6.09 Å². The summed E-state index contributed by atoms with van der Waals surface area (Å²) < 4.78 is 11.6. The number of ether oxygens (including phenoxy) is 2. The van der Waals surface area contributed by atoms with Gasteiger partial charge in [0.15, 0.2) is 0 Å². The van der Waals surface area contributed by atoms with E-state index in [0.29, 0.717) is 37.4 Å². The van der Waals surface area contributed by atoms with Crippen molar-refractivity contribution in [3.63, 3.8) is 0 Å². The van der Waals surface area contributed by atoms with E-state index in [4.69, 9.17) is 14.6 Å². The normalized spacial score (nSPS) is 21.7. The number of likely N-dealkylation sites (tertiary alicyclic amines) is 2. The first kappa shape index (κ1) is 28.5. The van der Waals surface area contributed by atoms with Gasteiger partial charge < -0.3 is 24.4 Å². The van der Waals surface area contributed by atoms with Crippen LogP contribution in [0, 0.1) is 17.8 Å². The van der Waals surface area contributed by atoms with Crippen molar-refractivity contribution in [3.8, 4) is 5.75 Å². The topological polar surface area (TPSA) is 79.3 Å². The van der Waals surface area contributed by atoms with Crippen LogP contribution in [0.3, 0.4) is 0 Å². The van der Waals surface area contributed by atoms with E-state index in [1.807, 2.05) is 37.8 Å². The third kappa shape index (κ3) is 7.98. The SMILES string of the molecule is CC(C)(C)OC(=O)N1CCC(COc2ccc(C3=CCC(C(=O)N4CCC(CCO)CC4)CC3)cc2)CC1. The molecule has 4 rings (SSSR count). The smallest absolute Gasteiger partial charge is 0.410 e. The predicted molar refractivity (Wildman–Crippen MR) is 149 cm³/mol. The number of hydrogen-bond acceptors (Lipinski definition) is 5. The molecule has 0 saturated carbocycles. The van der Waals surface area contributed by atoms with Crippen LogP contribution < -0.4 is 4.74 Å². The molecule has 1 N–H and O–H groups in total. The highest BCUT2D eigenvalue weighted by Crippen LogP contribution is 2.33. The van der Waals surface area contributed by atoms with Crippen LogP contribution in [-0.2, 0) is 9.53 Å². The Labute approximate surface area is 228 Å². The van der Waals surface area contributed by atoms with Crippen LogP contribution in [0.25, 0.3) is 5.57 Å². The molecule has 2 saturated heterocycles. The average Bonchev–Trinajstić information content (AvgIpc) is 2.92. The quantitative estimate of drug-likeness (QED) is 0.506. The van der Waals surface area contributed by atoms with Gasteiger partial charge in [-0.1, -0.05) is 18.2 Å². The molecule has 2 amide bonds. The molecular weight excluding hydrogens is 480 g/mol. The molecule has 2 aliphatic heterocycles. The molecule has 1 aromatic rings. The lowest BCUT2D eigenvalue weighted by Gasteiger charge is -2.35. The van der Waals surface area contributed by atoms with Crippen LogP contribution in [0.15, 0.2) is 30.3 Å². The van der Waals surface area contributed by atoms with E-state index >= 15 is 0 Å². The van der Waals surface area contributed by atoms with Crippen LogP contribution >= 0.6 is 0 Å². The number of hydrogen-bond donors (Lipinski definition) is 1. The Morgan fingerprint density at radius 3 is 2.13 bits per heavy atom. The monoisotopic (exact) mass is 526 g/mol. The molecule has 7 heteroatoms. The second kappa shape index (κ2) is 13.0. The number of piperidine rings is 2. The van der Waals surface area contributed by atoms with Crippen LogP contribution in [0.4, 0.5) is 4.79 Å². The molecule has 0 radical (unpaired) electrons. The number of aliphatic hydroxyl groups is 1. The van der Waals surface area contributed by atoms with Crippen molar-refractivity contribution in [3.05, 3.63) is 35.9 Å². The van der Waals surface area contributed by atoms with E-state index in [1.165, 1.54) is 11.1 Å². The Bertz CT molecular complexity index is 951. The summed E-state index contributed by atoms with van der Waals surface area (Å²) in [5.74, 6) is 2.27. The van der Waals surface area contributed by atoms with Gasteiger partial charge in [-0.2, -0.15) is 0 Å². The van der Waals surface area contributed by atoms with E-state index in [9.17, 15) is 9.59 Å². The van der Waals surface area contributed by atoms with Crippen molar-refractivity contribution in [1.82, 2.24) is 9.80 Å². The molecule has 7 nitrogen and oxygen atoms in total. The molecule has 3 aliphatic rings. The summed E-state index contributed by atoms with van der Waals surface area (Å²) in [6.45, 7) is 9.68. The van der Waals surface area contributed by atoms with Gasteiger partial charge in [-0.25, -0.2) is 4.79 Å². The van der Waals surface area contributed by atoms with E-state index in [0.717, 1.165) is 70.2 Å². The molecule has 1 unspecified atom stereocenters. The first-order valence-electron chi connectivity index (χ1n) is 14.5. The maximum atomic E-state index is 13.0. The Morgan fingerprint density at radius 2 is 1.55 bits per heavy atom. The molecule has 2 heterocycles. The second-order valence-electron chi connectivity index (χ2n) is 12.2. The van der Waals surface area contributed by atoms with Gasteiger partial charge in [-0.3, -0.25) is 4.79 Å². The van der Waals surface area contributed by atoms with Crippen LogP contribution in [0.2, 0.25) is 0 Å². The van der Waals surface area contributed by atoms with Crippen molar-refractivity contribution in [2.45, 2.75) is 77.7 Å². The Balaban J connectivity index is 1.19. The summed E-state index contributed by atoms with van der Waals surface area (Å²) in [6, 6.07) is 8.33. The standard InChI is InChI=1S/C31H46N2O5/c1-31(2,3)38-30(36)33-19-14-24(15-20-33)22-37-28-10-8-26(9-11-28)25-4-6-27(7-5-25)29(35)32-17-12-23(13-18-32)16-21-34/h4,8-11,23-24,27,34H,5-7,12-22H2,1-3H3. The summed E-state index contributed by atoms with van der Waals surface area (Å²) in [5.41, 5.74) is 2.06. The molecule has 2 fully saturated rings. The fourth-order valence-electron chi connectivity index (χ4n) is 5.79. The summed E-state index contributed by atoms with van der Waals surface area (Å²) in [7, 11) is 0. The van der Waals surface area contributed by atoms with Gasteiger partial charge in [0.2, 0.25) is 5.91 Å². The lowest BCUT2D eigenvalue weighted by molar-refractivity contribution is -0.137. The van der Waals surface area contributed by atoms with E-state index in [-0.39, 0.29) is 18.6 Å². The molecule has 1 aliphatic carbocycles. The molecule has 0 spiro atoms. The number of rotatable bonds is 7. The highest BCUT2D eigenvalue weighted by Gasteiger charge is 2.30. The minimum atomic E-state index is -0.463. The van der Waals surface area contributed by atoms with Crippen LogP contribution in [0.1, 0.15) is 77.7 Å². The van der Waals surface area contributed by atoms with E-state index in [2.05, 4.69) is 18.2 Å². The molecular formula is C31H46N2O5. The third-order valence-electron chi connectivity index (χ3n) is 8.20. The Kier molecular flexibility index (Phi) is 9.74. The number of allylic oxidation sites excluding steroid dienone is 2. The lowest BCUT2D eigenvalue weighted by atomic mass is 9.85. The summed E-state index contributed by atoms with van der Waals surface area (Å²) in [4.78, 5) is 29.1. The average molecular weight is 527 g/mol.